The minimum Gasteiger partial charge on any atom is -0.296 e. The molecule has 5 heteroatoms. The standard InChI is InChI=1S/C13H18FNO2S/c1-3-18(16,17)12-8-15(9-12)7-11-4-5-13(14)10(2)6-11/h4-6,12H,3,7-9H2,1-2H3. The molecule has 1 aliphatic rings. The minimum absolute atomic E-state index is 0.200. The summed E-state index contributed by atoms with van der Waals surface area (Å²) < 4.78 is 36.3. The first kappa shape index (κ1) is 13.5. The lowest BCUT2D eigenvalue weighted by Crippen LogP contribution is -2.54. The molecule has 1 fully saturated rings. The van der Waals surface area contributed by atoms with Crippen molar-refractivity contribution in [2.45, 2.75) is 25.6 Å². The molecule has 0 bridgehead atoms. The van der Waals surface area contributed by atoms with Crippen LogP contribution in [0.2, 0.25) is 0 Å². The third-order valence-electron chi connectivity index (χ3n) is 3.46. The summed E-state index contributed by atoms with van der Waals surface area (Å²) >= 11 is 0. The molecule has 0 atom stereocenters. The van der Waals surface area contributed by atoms with E-state index in [0.717, 1.165) is 5.56 Å². The van der Waals surface area contributed by atoms with Crippen molar-refractivity contribution in [2.24, 2.45) is 0 Å². The molecular formula is C13H18FNO2S. The second kappa shape index (κ2) is 4.97. The van der Waals surface area contributed by atoms with Crippen LogP contribution in [0, 0.1) is 12.7 Å². The van der Waals surface area contributed by atoms with Crippen LogP contribution in [0.4, 0.5) is 4.39 Å². The van der Waals surface area contributed by atoms with Gasteiger partial charge in [-0.15, -0.1) is 0 Å². The van der Waals surface area contributed by atoms with Gasteiger partial charge in [0.1, 0.15) is 5.82 Å². The summed E-state index contributed by atoms with van der Waals surface area (Å²) in [5.41, 5.74) is 1.66. The van der Waals surface area contributed by atoms with Crippen molar-refractivity contribution in [3.63, 3.8) is 0 Å². The third-order valence-corrected chi connectivity index (χ3v) is 5.58. The van der Waals surface area contributed by atoms with Crippen molar-refractivity contribution in [3.8, 4) is 0 Å². The molecule has 1 saturated heterocycles. The third kappa shape index (κ3) is 2.72. The number of aryl methyl sites for hydroxylation is 1. The Labute approximate surface area is 108 Å². The van der Waals surface area contributed by atoms with E-state index in [9.17, 15) is 12.8 Å². The number of hydrogen-bond acceptors (Lipinski definition) is 3. The van der Waals surface area contributed by atoms with Gasteiger partial charge in [0.2, 0.25) is 0 Å². The lowest BCUT2D eigenvalue weighted by Gasteiger charge is -2.38. The van der Waals surface area contributed by atoms with Gasteiger partial charge in [0, 0.05) is 25.4 Å². The topological polar surface area (TPSA) is 37.4 Å². The fourth-order valence-corrected chi connectivity index (χ4v) is 3.53. The molecular weight excluding hydrogens is 253 g/mol. The van der Waals surface area contributed by atoms with Crippen LogP contribution in [-0.2, 0) is 16.4 Å². The van der Waals surface area contributed by atoms with E-state index in [1.807, 2.05) is 6.07 Å². The highest BCUT2D eigenvalue weighted by molar-refractivity contribution is 7.92. The molecule has 1 aromatic carbocycles. The van der Waals surface area contributed by atoms with Crippen LogP contribution in [0.25, 0.3) is 0 Å². The second-order valence-electron chi connectivity index (χ2n) is 4.85. The Kier molecular flexibility index (Phi) is 3.73. The largest absolute Gasteiger partial charge is 0.296 e. The highest BCUT2D eigenvalue weighted by atomic mass is 32.2. The highest BCUT2D eigenvalue weighted by Gasteiger charge is 2.35. The molecule has 0 spiro atoms. The quantitative estimate of drug-likeness (QED) is 0.837. The van der Waals surface area contributed by atoms with E-state index < -0.39 is 9.84 Å². The van der Waals surface area contributed by atoms with E-state index in [0.29, 0.717) is 25.2 Å². The Morgan fingerprint density at radius 1 is 1.39 bits per heavy atom. The van der Waals surface area contributed by atoms with Gasteiger partial charge >= 0.3 is 0 Å². The first-order valence-corrected chi connectivity index (χ1v) is 7.83. The zero-order chi connectivity index (χ0) is 13.3. The van der Waals surface area contributed by atoms with Gasteiger partial charge in [-0.3, -0.25) is 4.90 Å². The highest BCUT2D eigenvalue weighted by Crippen LogP contribution is 2.20. The van der Waals surface area contributed by atoms with E-state index in [-0.39, 0.29) is 16.8 Å². The molecule has 0 radical (unpaired) electrons. The second-order valence-corrected chi connectivity index (χ2v) is 7.42. The Hall–Kier alpha value is -0.940. The van der Waals surface area contributed by atoms with Gasteiger partial charge in [0.05, 0.1) is 5.25 Å². The lowest BCUT2D eigenvalue weighted by atomic mass is 10.1. The van der Waals surface area contributed by atoms with Gasteiger partial charge in [-0.05, 0) is 24.1 Å². The summed E-state index contributed by atoms with van der Waals surface area (Å²) in [5.74, 6) is 0.00930. The van der Waals surface area contributed by atoms with E-state index in [2.05, 4.69) is 4.90 Å². The van der Waals surface area contributed by atoms with Gasteiger partial charge in [-0.2, -0.15) is 0 Å². The van der Waals surface area contributed by atoms with Crippen LogP contribution in [0.15, 0.2) is 18.2 Å². The maximum atomic E-state index is 13.1. The molecule has 1 heterocycles. The molecule has 0 unspecified atom stereocenters. The molecule has 1 aliphatic heterocycles. The number of nitrogens with zero attached hydrogens (tertiary/aromatic N) is 1. The normalized spacial score (nSPS) is 17.7. The smallest absolute Gasteiger partial charge is 0.155 e. The molecule has 0 N–H and O–H groups in total. The summed E-state index contributed by atoms with van der Waals surface area (Å²) in [5, 5.41) is -0.218. The molecule has 1 aromatic rings. The SMILES string of the molecule is CCS(=O)(=O)C1CN(Cc2ccc(F)c(C)c2)C1. The van der Waals surface area contributed by atoms with Crippen LogP contribution in [0.3, 0.4) is 0 Å². The van der Waals surface area contributed by atoms with Crippen molar-refractivity contribution < 1.29 is 12.8 Å². The average Bonchev–Trinajstić information content (AvgIpc) is 2.27. The number of sulfone groups is 1. The average molecular weight is 271 g/mol. The van der Waals surface area contributed by atoms with Crippen LogP contribution in [0.5, 0.6) is 0 Å². The van der Waals surface area contributed by atoms with Crippen LogP contribution in [-0.4, -0.2) is 37.4 Å². The zero-order valence-corrected chi connectivity index (χ0v) is 11.5. The fourth-order valence-electron chi connectivity index (χ4n) is 2.18. The van der Waals surface area contributed by atoms with E-state index in [1.165, 1.54) is 6.07 Å². The predicted octanol–water partition coefficient (Wildman–Crippen LogP) is 1.75. The van der Waals surface area contributed by atoms with Crippen LogP contribution >= 0.6 is 0 Å². The van der Waals surface area contributed by atoms with Crippen molar-refractivity contribution in [2.75, 3.05) is 18.8 Å². The number of likely N-dealkylation sites (tertiary alicyclic amines) is 1. The monoisotopic (exact) mass is 271 g/mol. The van der Waals surface area contributed by atoms with Crippen LogP contribution in [0.1, 0.15) is 18.1 Å². The zero-order valence-electron chi connectivity index (χ0n) is 10.7. The maximum absolute atomic E-state index is 13.1. The van der Waals surface area contributed by atoms with Crippen LogP contribution < -0.4 is 0 Å². The van der Waals surface area contributed by atoms with Crippen molar-refractivity contribution in [1.29, 1.82) is 0 Å². The molecule has 18 heavy (non-hydrogen) atoms. The summed E-state index contributed by atoms with van der Waals surface area (Å²) in [4.78, 5) is 2.07. The summed E-state index contributed by atoms with van der Waals surface area (Å²) in [6.45, 7) is 5.29. The summed E-state index contributed by atoms with van der Waals surface area (Å²) in [6.07, 6.45) is 0. The summed E-state index contributed by atoms with van der Waals surface area (Å²) in [7, 11) is -2.90. The van der Waals surface area contributed by atoms with Gasteiger partial charge in [0.25, 0.3) is 0 Å². The molecule has 0 amide bonds. The molecule has 3 nitrogen and oxygen atoms in total. The maximum Gasteiger partial charge on any atom is 0.155 e. The molecule has 0 aromatic heterocycles. The molecule has 100 valence electrons. The number of hydrogen-bond donors (Lipinski definition) is 0. The fraction of sp³-hybridized carbons (Fsp3) is 0.538. The molecule has 0 aliphatic carbocycles. The number of halogens is 1. The first-order chi connectivity index (χ1) is 8.42. The number of benzene rings is 1. The van der Waals surface area contributed by atoms with E-state index >= 15 is 0 Å². The Morgan fingerprint density at radius 2 is 2.06 bits per heavy atom. The summed E-state index contributed by atoms with van der Waals surface area (Å²) in [6, 6.07) is 5.03. The van der Waals surface area contributed by atoms with Crippen molar-refractivity contribution in [1.82, 2.24) is 4.90 Å². The van der Waals surface area contributed by atoms with Gasteiger partial charge in [-0.1, -0.05) is 19.1 Å². The van der Waals surface area contributed by atoms with Gasteiger partial charge in [0.15, 0.2) is 9.84 Å². The lowest BCUT2D eigenvalue weighted by molar-refractivity contribution is 0.176. The Morgan fingerprint density at radius 3 is 2.61 bits per heavy atom. The van der Waals surface area contributed by atoms with E-state index in [1.54, 1.807) is 19.9 Å². The molecule has 2 rings (SSSR count). The first-order valence-electron chi connectivity index (χ1n) is 6.11. The van der Waals surface area contributed by atoms with Gasteiger partial charge in [-0.25, -0.2) is 12.8 Å². The molecule has 0 saturated carbocycles. The Balaban J connectivity index is 1.92. The predicted molar refractivity (Wildman–Crippen MR) is 69.7 cm³/mol. The van der Waals surface area contributed by atoms with Crippen molar-refractivity contribution >= 4 is 9.84 Å². The minimum atomic E-state index is -2.90. The number of rotatable bonds is 4. The van der Waals surface area contributed by atoms with E-state index in [4.69, 9.17) is 0 Å². The van der Waals surface area contributed by atoms with Crippen molar-refractivity contribution in [3.05, 3.63) is 35.1 Å². The van der Waals surface area contributed by atoms with Gasteiger partial charge < -0.3 is 0 Å². The Bertz CT molecular complexity index is 536.